The van der Waals surface area contributed by atoms with Crippen molar-refractivity contribution in [3.05, 3.63) is 77.2 Å². The van der Waals surface area contributed by atoms with Crippen LogP contribution in [0.4, 0.5) is 15.8 Å². The number of amides is 1. The Morgan fingerprint density at radius 1 is 1.11 bits per heavy atom. The molecule has 0 bridgehead atoms. The molecular weight excluding hydrogens is 471 g/mol. The van der Waals surface area contributed by atoms with Crippen LogP contribution < -0.4 is 15.2 Å². The van der Waals surface area contributed by atoms with Crippen LogP contribution in [0.25, 0.3) is 0 Å². The van der Waals surface area contributed by atoms with Crippen molar-refractivity contribution in [2.75, 3.05) is 25.5 Å². The molecule has 0 aliphatic carbocycles. The average molecular weight is 499 g/mol. The zero-order valence-corrected chi connectivity index (χ0v) is 20.3. The van der Waals surface area contributed by atoms with E-state index in [0.29, 0.717) is 24.5 Å². The molecule has 8 nitrogen and oxygen atoms in total. The quantitative estimate of drug-likeness (QED) is 0.532. The van der Waals surface area contributed by atoms with Gasteiger partial charge in [-0.3, -0.25) is 4.79 Å². The summed E-state index contributed by atoms with van der Waals surface area (Å²) in [6.07, 6.45) is 2.71. The molecule has 1 aromatic heterocycles. The maximum Gasteiger partial charge on any atom is 0.257 e. The minimum absolute atomic E-state index is 0.236. The van der Waals surface area contributed by atoms with E-state index < -0.39 is 10.0 Å². The van der Waals surface area contributed by atoms with Crippen LogP contribution >= 0.6 is 0 Å². The van der Waals surface area contributed by atoms with Crippen LogP contribution in [0.15, 0.2) is 59.8 Å². The number of carbonyl (C=O) groups is 1. The van der Waals surface area contributed by atoms with Gasteiger partial charge in [-0.2, -0.15) is 0 Å². The van der Waals surface area contributed by atoms with E-state index in [9.17, 15) is 17.6 Å². The highest BCUT2D eigenvalue weighted by Crippen LogP contribution is 2.32. The van der Waals surface area contributed by atoms with Crippen molar-refractivity contribution in [2.24, 2.45) is 5.14 Å². The molecule has 35 heavy (non-hydrogen) atoms. The zero-order valence-electron chi connectivity index (χ0n) is 19.5. The highest BCUT2D eigenvalue weighted by atomic mass is 32.2. The number of pyridine rings is 1. The highest BCUT2D eigenvalue weighted by Gasteiger charge is 2.27. The van der Waals surface area contributed by atoms with E-state index in [2.05, 4.69) is 10.3 Å². The van der Waals surface area contributed by atoms with Crippen molar-refractivity contribution >= 4 is 27.3 Å². The largest absolute Gasteiger partial charge is 0.497 e. The van der Waals surface area contributed by atoms with Crippen molar-refractivity contribution in [2.45, 2.75) is 30.7 Å². The molecule has 0 saturated carbocycles. The average Bonchev–Trinajstić information content (AvgIpc) is 2.85. The monoisotopic (exact) mass is 498 g/mol. The van der Waals surface area contributed by atoms with Crippen LogP contribution in [0.3, 0.4) is 0 Å². The third kappa shape index (κ3) is 5.60. The van der Waals surface area contributed by atoms with E-state index in [0.717, 1.165) is 24.0 Å². The standard InChI is InChI=1S/C25H27FN4O4S/c1-16-3-8-20(34-2)13-22(16)29-23-14-24(35(27,32)33)28-15-21(23)25(31)30-11-9-18(10-12-30)17-4-6-19(26)7-5-17/h3-8,13-15,18H,9-12H2,1-2H3,(H,28,29)(H2,27,32,33). The topological polar surface area (TPSA) is 115 Å². The fourth-order valence-corrected chi connectivity index (χ4v) is 4.68. The van der Waals surface area contributed by atoms with Crippen molar-refractivity contribution in [3.63, 3.8) is 0 Å². The van der Waals surface area contributed by atoms with Crippen LogP contribution in [0.2, 0.25) is 0 Å². The molecule has 1 aliphatic rings. The van der Waals surface area contributed by atoms with E-state index in [4.69, 9.17) is 9.88 Å². The third-order valence-electron chi connectivity index (χ3n) is 6.24. The summed E-state index contributed by atoms with van der Waals surface area (Å²) >= 11 is 0. The van der Waals surface area contributed by atoms with Crippen LogP contribution in [0.1, 0.15) is 40.2 Å². The second-order valence-corrected chi connectivity index (χ2v) is 10.0. The number of piperidine rings is 1. The molecule has 1 amide bonds. The van der Waals surface area contributed by atoms with Crippen molar-refractivity contribution in [3.8, 4) is 5.75 Å². The van der Waals surface area contributed by atoms with Gasteiger partial charge in [-0.25, -0.2) is 22.9 Å². The minimum atomic E-state index is -4.08. The number of methoxy groups -OCH3 is 1. The van der Waals surface area contributed by atoms with Crippen molar-refractivity contribution in [1.82, 2.24) is 9.88 Å². The number of hydrogen-bond acceptors (Lipinski definition) is 6. The molecule has 3 aromatic rings. The van der Waals surface area contributed by atoms with Gasteiger partial charge < -0.3 is 15.0 Å². The molecule has 2 heterocycles. The van der Waals surface area contributed by atoms with Crippen LogP contribution in [0.5, 0.6) is 5.75 Å². The Hall–Kier alpha value is -3.50. The van der Waals surface area contributed by atoms with Gasteiger partial charge in [-0.1, -0.05) is 18.2 Å². The number of hydrogen-bond donors (Lipinski definition) is 2. The van der Waals surface area contributed by atoms with Gasteiger partial charge in [0.2, 0.25) is 0 Å². The first-order chi connectivity index (χ1) is 16.7. The Labute approximate surface area is 204 Å². The predicted octanol–water partition coefficient (Wildman–Crippen LogP) is 3.95. The molecule has 0 unspecified atom stereocenters. The van der Waals surface area contributed by atoms with Gasteiger partial charge >= 0.3 is 0 Å². The molecule has 0 radical (unpaired) electrons. The van der Waals surface area contributed by atoms with Crippen LogP contribution in [-0.4, -0.2) is 44.4 Å². The number of likely N-dealkylation sites (tertiary alicyclic amines) is 1. The van der Waals surface area contributed by atoms with Gasteiger partial charge in [-0.15, -0.1) is 0 Å². The van der Waals surface area contributed by atoms with Gasteiger partial charge in [0.1, 0.15) is 11.6 Å². The fourth-order valence-electron chi connectivity index (χ4n) is 4.19. The first kappa shape index (κ1) is 24.6. The van der Waals surface area contributed by atoms with E-state index in [1.54, 1.807) is 36.3 Å². The second-order valence-electron chi connectivity index (χ2n) is 8.54. The molecule has 4 rings (SSSR count). The number of sulfonamides is 1. The SMILES string of the molecule is COc1ccc(C)c(Nc2cc(S(N)(=O)=O)ncc2C(=O)N2CCC(c3ccc(F)cc3)CC2)c1. The summed E-state index contributed by atoms with van der Waals surface area (Å²) in [7, 11) is -2.53. The smallest absolute Gasteiger partial charge is 0.257 e. The molecule has 1 fully saturated rings. The normalized spacial score (nSPS) is 14.6. The van der Waals surface area contributed by atoms with Crippen LogP contribution in [0, 0.1) is 12.7 Å². The highest BCUT2D eigenvalue weighted by molar-refractivity contribution is 7.89. The Balaban J connectivity index is 1.60. The Bertz CT molecular complexity index is 1340. The van der Waals surface area contributed by atoms with Gasteiger partial charge in [-0.05, 0) is 55.0 Å². The maximum absolute atomic E-state index is 13.5. The summed E-state index contributed by atoms with van der Waals surface area (Å²) in [5.41, 5.74) is 3.10. The van der Waals surface area contributed by atoms with E-state index >= 15 is 0 Å². The molecule has 0 atom stereocenters. The maximum atomic E-state index is 13.5. The first-order valence-electron chi connectivity index (χ1n) is 11.1. The van der Waals surface area contributed by atoms with Gasteiger partial charge in [0.15, 0.2) is 5.03 Å². The molecule has 0 spiro atoms. The summed E-state index contributed by atoms with van der Waals surface area (Å²) in [6.45, 7) is 2.90. The molecule has 2 aromatic carbocycles. The number of anilines is 2. The lowest BCUT2D eigenvalue weighted by molar-refractivity contribution is 0.0713. The third-order valence-corrected chi connectivity index (χ3v) is 7.04. The lowest BCUT2D eigenvalue weighted by Crippen LogP contribution is -2.38. The number of halogens is 1. The molecular formula is C25H27FN4O4S. The molecule has 184 valence electrons. The van der Waals surface area contributed by atoms with E-state index in [1.165, 1.54) is 24.4 Å². The summed E-state index contributed by atoms with van der Waals surface area (Å²) in [5.74, 6) is 0.302. The molecule has 1 aliphatic heterocycles. The summed E-state index contributed by atoms with van der Waals surface area (Å²) in [6, 6.07) is 13.2. The number of nitrogens with two attached hydrogens (primary N) is 1. The lowest BCUT2D eigenvalue weighted by Gasteiger charge is -2.32. The Morgan fingerprint density at radius 2 is 1.80 bits per heavy atom. The van der Waals surface area contributed by atoms with Gasteiger partial charge in [0.05, 0.1) is 18.4 Å². The Kier molecular flexibility index (Phi) is 7.04. The van der Waals surface area contributed by atoms with Gasteiger partial charge in [0, 0.05) is 37.1 Å². The van der Waals surface area contributed by atoms with Gasteiger partial charge in [0.25, 0.3) is 15.9 Å². The number of carbonyl (C=O) groups excluding carboxylic acids is 1. The fraction of sp³-hybridized carbons (Fsp3) is 0.280. The second kappa shape index (κ2) is 10.0. The Morgan fingerprint density at radius 3 is 2.43 bits per heavy atom. The van der Waals surface area contributed by atoms with E-state index in [-0.39, 0.29) is 33.9 Å². The summed E-state index contributed by atoms with van der Waals surface area (Å²) in [4.78, 5) is 19.1. The lowest BCUT2D eigenvalue weighted by atomic mass is 9.89. The first-order valence-corrected chi connectivity index (χ1v) is 12.7. The summed E-state index contributed by atoms with van der Waals surface area (Å²) in [5, 5.41) is 8.11. The number of aromatic nitrogens is 1. The number of aryl methyl sites for hydroxylation is 1. The molecule has 10 heteroatoms. The number of primary sulfonamides is 1. The predicted molar refractivity (Wildman–Crippen MR) is 131 cm³/mol. The number of ether oxygens (including phenoxy) is 1. The van der Waals surface area contributed by atoms with E-state index in [1.807, 2.05) is 13.0 Å². The summed E-state index contributed by atoms with van der Waals surface area (Å²) < 4.78 is 42.4. The minimum Gasteiger partial charge on any atom is -0.497 e. The zero-order chi connectivity index (χ0) is 25.2. The number of rotatable bonds is 6. The van der Waals surface area contributed by atoms with Crippen LogP contribution in [-0.2, 0) is 10.0 Å². The van der Waals surface area contributed by atoms with Crippen molar-refractivity contribution in [1.29, 1.82) is 0 Å². The number of benzene rings is 2. The van der Waals surface area contributed by atoms with Crippen molar-refractivity contribution < 1.29 is 22.3 Å². The molecule has 1 saturated heterocycles. The number of nitrogens with zero attached hydrogens (tertiary/aromatic N) is 2. The molecule has 3 N–H and O–H groups in total. The number of nitrogens with one attached hydrogen (secondary N) is 1.